The van der Waals surface area contributed by atoms with E-state index < -0.39 is 6.09 Å². The highest BCUT2D eigenvalue weighted by Crippen LogP contribution is 2.28. The summed E-state index contributed by atoms with van der Waals surface area (Å²) >= 11 is 6.03. The van der Waals surface area contributed by atoms with Gasteiger partial charge < -0.3 is 14.8 Å². The molecular weight excluding hydrogens is 366 g/mol. The van der Waals surface area contributed by atoms with Gasteiger partial charge in [-0.3, -0.25) is 0 Å². The van der Waals surface area contributed by atoms with Crippen LogP contribution in [0.5, 0.6) is 5.75 Å². The average molecular weight is 386 g/mol. The van der Waals surface area contributed by atoms with E-state index in [-0.39, 0.29) is 0 Å². The Bertz CT molecular complexity index is 969. The summed E-state index contributed by atoms with van der Waals surface area (Å²) in [4.78, 5) is 11.3. The lowest BCUT2D eigenvalue weighted by Gasteiger charge is -2.10. The molecule has 0 radical (unpaired) electrons. The molecule has 2 aromatic carbocycles. The Morgan fingerprint density at radius 2 is 2.00 bits per heavy atom. The van der Waals surface area contributed by atoms with Crippen molar-refractivity contribution in [2.75, 3.05) is 14.2 Å². The number of rotatable bonds is 5. The second-order valence-corrected chi connectivity index (χ2v) is 6.38. The van der Waals surface area contributed by atoms with Gasteiger partial charge in [0.1, 0.15) is 11.4 Å². The fourth-order valence-corrected chi connectivity index (χ4v) is 2.88. The van der Waals surface area contributed by atoms with E-state index in [1.54, 1.807) is 23.9 Å². The molecule has 1 amide bonds. The molecule has 3 rings (SSSR count). The number of carbonyl (C=O) groups is 1. The maximum Gasteiger partial charge on any atom is 0.407 e. The van der Waals surface area contributed by atoms with Gasteiger partial charge in [0.25, 0.3) is 0 Å². The minimum Gasteiger partial charge on any atom is -0.494 e. The van der Waals surface area contributed by atoms with Crippen LogP contribution in [0.15, 0.2) is 48.7 Å². The summed E-state index contributed by atoms with van der Waals surface area (Å²) in [5.74, 6) is 0.643. The van der Waals surface area contributed by atoms with E-state index in [1.807, 2.05) is 43.5 Å². The lowest BCUT2D eigenvalue weighted by atomic mass is 10.0. The van der Waals surface area contributed by atoms with Gasteiger partial charge in [-0.25, -0.2) is 9.48 Å². The zero-order valence-electron chi connectivity index (χ0n) is 15.3. The molecular formula is C20H20ClN3O3. The number of halogens is 1. The van der Waals surface area contributed by atoms with Crippen LogP contribution in [0, 0.1) is 6.92 Å². The van der Waals surface area contributed by atoms with E-state index in [4.69, 9.17) is 16.3 Å². The Labute approximate surface area is 162 Å². The minimum atomic E-state index is -0.459. The summed E-state index contributed by atoms with van der Waals surface area (Å²) in [6.07, 6.45) is 1.41. The van der Waals surface area contributed by atoms with Crippen molar-refractivity contribution in [1.29, 1.82) is 0 Å². The maximum absolute atomic E-state index is 11.3. The number of nitrogens with zero attached hydrogens (tertiary/aromatic N) is 2. The minimum absolute atomic E-state index is 0.387. The van der Waals surface area contributed by atoms with Gasteiger partial charge in [0.05, 0.1) is 19.9 Å². The first-order valence-corrected chi connectivity index (χ1v) is 8.71. The van der Waals surface area contributed by atoms with Crippen molar-refractivity contribution in [3.8, 4) is 22.7 Å². The Balaban J connectivity index is 1.89. The van der Waals surface area contributed by atoms with Crippen LogP contribution in [0.25, 0.3) is 16.9 Å². The van der Waals surface area contributed by atoms with Crippen molar-refractivity contribution < 1.29 is 14.3 Å². The van der Waals surface area contributed by atoms with Gasteiger partial charge in [-0.2, -0.15) is 5.10 Å². The molecule has 0 unspecified atom stereocenters. The van der Waals surface area contributed by atoms with Crippen LogP contribution < -0.4 is 10.1 Å². The lowest BCUT2D eigenvalue weighted by Crippen LogP contribution is -2.22. The number of ether oxygens (including phenoxy) is 2. The Morgan fingerprint density at radius 1 is 1.19 bits per heavy atom. The molecule has 140 valence electrons. The highest BCUT2D eigenvalue weighted by Gasteiger charge is 2.11. The molecule has 1 N–H and O–H groups in total. The third-order valence-corrected chi connectivity index (χ3v) is 4.47. The zero-order valence-corrected chi connectivity index (χ0v) is 16.1. The van der Waals surface area contributed by atoms with Crippen LogP contribution in [0.2, 0.25) is 5.02 Å². The molecule has 0 aliphatic carbocycles. The van der Waals surface area contributed by atoms with Crippen LogP contribution in [-0.4, -0.2) is 30.1 Å². The summed E-state index contributed by atoms with van der Waals surface area (Å²) in [6, 6.07) is 13.4. The Morgan fingerprint density at radius 3 is 2.74 bits per heavy atom. The van der Waals surface area contributed by atoms with E-state index in [0.29, 0.717) is 17.3 Å². The van der Waals surface area contributed by atoms with E-state index >= 15 is 0 Å². The molecule has 0 fully saturated rings. The summed E-state index contributed by atoms with van der Waals surface area (Å²) < 4.78 is 11.8. The summed E-state index contributed by atoms with van der Waals surface area (Å²) in [7, 11) is 2.94. The maximum atomic E-state index is 11.3. The number of hydrogen-bond donors (Lipinski definition) is 1. The predicted molar refractivity (Wildman–Crippen MR) is 105 cm³/mol. The Hall–Kier alpha value is -2.99. The fourth-order valence-electron chi connectivity index (χ4n) is 2.71. The molecule has 1 heterocycles. The molecule has 7 heteroatoms. The van der Waals surface area contributed by atoms with Crippen molar-refractivity contribution in [1.82, 2.24) is 15.1 Å². The molecule has 0 saturated heterocycles. The number of carbonyl (C=O) groups excluding carboxylic acids is 1. The number of amides is 1. The smallest absolute Gasteiger partial charge is 0.407 e. The van der Waals surface area contributed by atoms with Crippen LogP contribution >= 0.6 is 11.6 Å². The SMILES string of the molecule is COC(=O)NCc1cc(-c2ccn(-c3ccc(Cl)cc3OC)n2)ccc1C. The van der Waals surface area contributed by atoms with Crippen LogP contribution in [0.3, 0.4) is 0 Å². The predicted octanol–water partition coefficient (Wildman–Crippen LogP) is 4.37. The van der Waals surface area contributed by atoms with Crippen molar-refractivity contribution in [3.05, 3.63) is 64.8 Å². The molecule has 0 aliphatic rings. The zero-order chi connectivity index (χ0) is 19.4. The van der Waals surface area contributed by atoms with Crippen molar-refractivity contribution in [3.63, 3.8) is 0 Å². The number of benzene rings is 2. The van der Waals surface area contributed by atoms with Gasteiger partial charge in [-0.15, -0.1) is 0 Å². The van der Waals surface area contributed by atoms with Crippen LogP contribution in [-0.2, 0) is 11.3 Å². The second-order valence-electron chi connectivity index (χ2n) is 5.95. The van der Waals surface area contributed by atoms with Gasteiger partial charge in [-0.1, -0.05) is 23.7 Å². The van der Waals surface area contributed by atoms with Gasteiger partial charge in [0, 0.05) is 29.4 Å². The first-order valence-electron chi connectivity index (χ1n) is 8.33. The van der Waals surface area contributed by atoms with Gasteiger partial charge in [0.15, 0.2) is 0 Å². The molecule has 0 atom stereocenters. The second kappa shape index (κ2) is 8.14. The molecule has 6 nitrogen and oxygen atoms in total. The van der Waals surface area contributed by atoms with Crippen LogP contribution in [0.4, 0.5) is 4.79 Å². The van der Waals surface area contributed by atoms with Gasteiger partial charge >= 0.3 is 6.09 Å². The van der Waals surface area contributed by atoms with E-state index in [9.17, 15) is 4.79 Å². The number of hydrogen-bond acceptors (Lipinski definition) is 4. The van der Waals surface area contributed by atoms with Gasteiger partial charge in [-0.05, 0) is 42.3 Å². The highest BCUT2D eigenvalue weighted by atomic mass is 35.5. The molecule has 1 aromatic heterocycles. The quantitative estimate of drug-likeness (QED) is 0.708. The third kappa shape index (κ3) is 4.23. The number of aryl methyl sites for hydroxylation is 1. The van der Waals surface area contributed by atoms with Gasteiger partial charge in [0.2, 0.25) is 0 Å². The standard InChI is InChI=1S/C20H20ClN3O3/c1-13-4-5-14(10-15(13)12-22-20(25)27-3)17-8-9-24(23-17)18-7-6-16(21)11-19(18)26-2/h4-11H,12H2,1-3H3,(H,22,25). The first kappa shape index (κ1) is 18.8. The van der Waals surface area contributed by atoms with E-state index in [0.717, 1.165) is 28.1 Å². The molecule has 0 saturated carbocycles. The van der Waals surface area contributed by atoms with E-state index in [1.165, 1.54) is 7.11 Å². The normalized spacial score (nSPS) is 10.5. The summed E-state index contributed by atoms with van der Waals surface area (Å²) in [6.45, 7) is 2.38. The number of alkyl carbamates (subject to hydrolysis) is 1. The van der Waals surface area contributed by atoms with Crippen molar-refractivity contribution >= 4 is 17.7 Å². The third-order valence-electron chi connectivity index (χ3n) is 4.23. The van der Waals surface area contributed by atoms with Crippen molar-refractivity contribution in [2.45, 2.75) is 13.5 Å². The largest absolute Gasteiger partial charge is 0.494 e. The van der Waals surface area contributed by atoms with Crippen molar-refractivity contribution in [2.24, 2.45) is 0 Å². The monoisotopic (exact) mass is 385 g/mol. The molecule has 27 heavy (non-hydrogen) atoms. The van der Waals surface area contributed by atoms with Crippen LogP contribution in [0.1, 0.15) is 11.1 Å². The summed E-state index contributed by atoms with van der Waals surface area (Å²) in [5.41, 5.74) is 4.64. The molecule has 0 aliphatic heterocycles. The average Bonchev–Trinajstić information content (AvgIpc) is 3.16. The lowest BCUT2D eigenvalue weighted by molar-refractivity contribution is 0.170. The summed E-state index contributed by atoms with van der Waals surface area (Å²) in [5, 5.41) is 7.96. The Kier molecular flexibility index (Phi) is 5.66. The fraction of sp³-hybridized carbons (Fsp3) is 0.200. The number of aromatic nitrogens is 2. The first-order chi connectivity index (χ1) is 13.0. The number of nitrogens with one attached hydrogen (secondary N) is 1. The number of methoxy groups -OCH3 is 2. The van der Waals surface area contributed by atoms with E-state index in [2.05, 4.69) is 15.2 Å². The molecule has 0 spiro atoms. The topological polar surface area (TPSA) is 65.4 Å². The molecule has 0 bridgehead atoms. The highest BCUT2D eigenvalue weighted by molar-refractivity contribution is 6.30. The molecule has 3 aromatic rings.